The van der Waals surface area contributed by atoms with Crippen LogP contribution in [0, 0.1) is 0 Å². The highest BCUT2D eigenvalue weighted by Crippen LogP contribution is 2.24. The summed E-state index contributed by atoms with van der Waals surface area (Å²) < 4.78 is 7.35. The molecule has 2 heterocycles. The van der Waals surface area contributed by atoms with E-state index in [1.54, 1.807) is 16.9 Å². The van der Waals surface area contributed by atoms with Crippen molar-refractivity contribution in [3.05, 3.63) is 29.4 Å². The molecule has 0 aromatic carbocycles. The van der Waals surface area contributed by atoms with Gasteiger partial charge in [0.15, 0.2) is 5.82 Å². The molecule has 0 fully saturated rings. The molecule has 0 bridgehead atoms. The highest BCUT2D eigenvalue weighted by Gasteiger charge is 2.15. The van der Waals surface area contributed by atoms with Crippen molar-refractivity contribution in [1.82, 2.24) is 19.7 Å². The average Bonchev–Trinajstić information content (AvgIpc) is 2.82. The fourth-order valence-electron chi connectivity index (χ4n) is 1.86. The first kappa shape index (κ1) is 14.0. The van der Waals surface area contributed by atoms with E-state index in [2.05, 4.69) is 15.1 Å². The van der Waals surface area contributed by atoms with Crippen molar-refractivity contribution in [1.29, 1.82) is 0 Å². The number of hydrogen-bond donors (Lipinski definition) is 0. The summed E-state index contributed by atoms with van der Waals surface area (Å²) >= 11 is 6.07. The number of nitrogens with zero attached hydrogens (tertiary/aromatic N) is 4. The Bertz CT molecular complexity index is 555. The normalized spacial score (nSPS) is 12.6. The van der Waals surface area contributed by atoms with E-state index in [9.17, 15) is 0 Å². The first-order chi connectivity index (χ1) is 9.13. The molecule has 0 aliphatic heterocycles. The van der Waals surface area contributed by atoms with E-state index in [-0.39, 0.29) is 6.10 Å². The molecule has 2 aromatic heterocycles. The van der Waals surface area contributed by atoms with E-state index < -0.39 is 0 Å². The number of ether oxygens (including phenoxy) is 1. The van der Waals surface area contributed by atoms with Crippen LogP contribution in [-0.4, -0.2) is 26.4 Å². The molecule has 0 saturated heterocycles. The van der Waals surface area contributed by atoms with E-state index in [4.69, 9.17) is 16.3 Å². The summed E-state index contributed by atoms with van der Waals surface area (Å²) in [7, 11) is 1.86. The van der Waals surface area contributed by atoms with E-state index in [1.807, 2.05) is 27.1 Å². The minimum atomic E-state index is -0.126. The summed E-state index contributed by atoms with van der Waals surface area (Å²) in [4.78, 5) is 8.79. The maximum absolute atomic E-state index is 6.07. The zero-order chi connectivity index (χ0) is 13.8. The Hall–Kier alpha value is -1.46. The molecule has 5 nitrogen and oxygen atoms in total. The van der Waals surface area contributed by atoms with Crippen LogP contribution in [0.5, 0.6) is 0 Å². The predicted octanol–water partition coefficient (Wildman–Crippen LogP) is 3.02. The van der Waals surface area contributed by atoms with Gasteiger partial charge in [0.25, 0.3) is 0 Å². The van der Waals surface area contributed by atoms with Crippen LogP contribution in [0.2, 0.25) is 5.15 Å². The van der Waals surface area contributed by atoms with Crippen molar-refractivity contribution in [3.8, 4) is 11.3 Å². The smallest absolute Gasteiger partial charge is 0.159 e. The van der Waals surface area contributed by atoms with Crippen molar-refractivity contribution >= 4 is 11.6 Å². The van der Waals surface area contributed by atoms with E-state index in [1.165, 1.54) is 0 Å². The topological polar surface area (TPSA) is 52.8 Å². The average molecular weight is 281 g/mol. The monoisotopic (exact) mass is 280 g/mol. The summed E-state index contributed by atoms with van der Waals surface area (Å²) in [6, 6.07) is 1.74. The molecule has 1 unspecified atom stereocenters. The summed E-state index contributed by atoms with van der Waals surface area (Å²) in [6.45, 7) is 4.61. The Labute approximate surface area is 117 Å². The highest BCUT2D eigenvalue weighted by molar-refractivity contribution is 6.29. The van der Waals surface area contributed by atoms with Crippen molar-refractivity contribution in [2.75, 3.05) is 6.61 Å². The second-order valence-electron chi connectivity index (χ2n) is 4.19. The van der Waals surface area contributed by atoms with Crippen LogP contribution in [-0.2, 0) is 11.8 Å². The van der Waals surface area contributed by atoms with Crippen molar-refractivity contribution in [3.63, 3.8) is 0 Å². The van der Waals surface area contributed by atoms with Crippen molar-refractivity contribution in [2.24, 2.45) is 7.05 Å². The van der Waals surface area contributed by atoms with Gasteiger partial charge in [-0.3, -0.25) is 4.68 Å². The molecule has 0 radical (unpaired) electrons. The van der Waals surface area contributed by atoms with Crippen LogP contribution < -0.4 is 0 Å². The number of halogens is 1. The second kappa shape index (κ2) is 6.12. The van der Waals surface area contributed by atoms with Gasteiger partial charge in [0.05, 0.1) is 11.9 Å². The molecule has 1 atom stereocenters. The lowest BCUT2D eigenvalue weighted by atomic mass is 10.2. The third-order valence-electron chi connectivity index (χ3n) is 2.74. The molecule has 2 aromatic rings. The number of aryl methyl sites for hydroxylation is 1. The minimum absolute atomic E-state index is 0.126. The SMILES string of the molecule is CCOC(CC)c1nc(Cl)cc(-c2cnn(C)c2)n1. The minimum Gasteiger partial charge on any atom is -0.371 e. The second-order valence-corrected chi connectivity index (χ2v) is 4.58. The molecule has 0 N–H and O–H groups in total. The fraction of sp³-hybridized carbons (Fsp3) is 0.462. The quantitative estimate of drug-likeness (QED) is 0.790. The van der Waals surface area contributed by atoms with Gasteiger partial charge in [-0.1, -0.05) is 18.5 Å². The zero-order valence-corrected chi connectivity index (χ0v) is 12.1. The van der Waals surface area contributed by atoms with Crippen molar-refractivity contribution in [2.45, 2.75) is 26.4 Å². The predicted molar refractivity (Wildman–Crippen MR) is 73.9 cm³/mol. The van der Waals surface area contributed by atoms with Gasteiger partial charge in [0, 0.05) is 31.5 Å². The Morgan fingerprint density at radius 3 is 2.74 bits per heavy atom. The fourth-order valence-corrected chi connectivity index (χ4v) is 2.05. The van der Waals surface area contributed by atoms with Crippen LogP contribution in [0.3, 0.4) is 0 Å². The summed E-state index contributed by atoms with van der Waals surface area (Å²) in [5.41, 5.74) is 1.68. The van der Waals surface area contributed by atoms with E-state index in [0.717, 1.165) is 17.7 Å². The van der Waals surface area contributed by atoms with Gasteiger partial charge in [-0.25, -0.2) is 9.97 Å². The van der Waals surface area contributed by atoms with E-state index in [0.29, 0.717) is 17.6 Å². The Balaban J connectivity index is 2.39. The molecule has 0 aliphatic rings. The molecule has 102 valence electrons. The van der Waals surface area contributed by atoms with Gasteiger partial charge in [0.1, 0.15) is 11.3 Å². The lowest BCUT2D eigenvalue weighted by Crippen LogP contribution is -2.08. The van der Waals surface area contributed by atoms with Gasteiger partial charge in [-0.15, -0.1) is 0 Å². The molecule has 6 heteroatoms. The van der Waals surface area contributed by atoms with Gasteiger partial charge in [-0.2, -0.15) is 5.10 Å². The third-order valence-corrected chi connectivity index (χ3v) is 2.93. The Morgan fingerprint density at radius 2 is 2.16 bits per heavy atom. The number of hydrogen-bond acceptors (Lipinski definition) is 4. The van der Waals surface area contributed by atoms with Gasteiger partial charge in [-0.05, 0) is 13.3 Å². The van der Waals surface area contributed by atoms with Gasteiger partial charge >= 0.3 is 0 Å². The van der Waals surface area contributed by atoms with Gasteiger partial charge < -0.3 is 4.74 Å². The molecular formula is C13H17ClN4O. The summed E-state index contributed by atoms with van der Waals surface area (Å²) in [5.74, 6) is 0.621. The maximum Gasteiger partial charge on any atom is 0.159 e. The third kappa shape index (κ3) is 3.30. The first-order valence-electron chi connectivity index (χ1n) is 6.29. The Morgan fingerprint density at radius 1 is 1.37 bits per heavy atom. The summed E-state index contributed by atoms with van der Waals surface area (Å²) in [5, 5.41) is 4.55. The van der Waals surface area contributed by atoms with Crippen LogP contribution in [0.25, 0.3) is 11.3 Å². The van der Waals surface area contributed by atoms with Crippen LogP contribution in [0.4, 0.5) is 0 Å². The first-order valence-corrected chi connectivity index (χ1v) is 6.67. The molecular weight excluding hydrogens is 264 g/mol. The maximum atomic E-state index is 6.07. The standard InChI is InChI=1S/C13H17ClN4O/c1-4-11(19-5-2)13-16-10(6-12(14)17-13)9-7-15-18(3)8-9/h6-8,11H,4-5H2,1-3H3. The summed E-state index contributed by atoms with van der Waals surface area (Å²) in [6.07, 6.45) is 4.33. The number of rotatable bonds is 5. The lowest BCUT2D eigenvalue weighted by Gasteiger charge is -2.14. The van der Waals surface area contributed by atoms with Crippen LogP contribution in [0.15, 0.2) is 18.5 Å². The van der Waals surface area contributed by atoms with E-state index >= 15 is 0 Å². The van der Waals surface area contributed by atoms with Gasteiger partial charge in [0.2, 0.25) is 0 Å². The largest absolute Gasteiger partial charge is 0.371 e. The van der Waals surface area contributed by atoms with Crippen molar-refractivity contribution < 1.29 is 4.74 Å². The molecule has 19 heavy (non-hydrogen) atoms. The number of aromatic nitrogens is 4. The van der Waals surface area contributed by atoms with Crippen LogP contribution in [0.1, 0.15) is 32.2 Å². The molecule has 2 rings (SSSR count). The highest BCUT2D eigenvalue weighted by atomic mass is 35.5. The Kier molecular flexibility index (Phi) is 4.50. The molecule has 0 spiro atoms. The zero-order valence-electron chi connectivity index (χ0n) is 11.3. The molecule has 0 aliphatic carbocycles. The lowest BCUT2D eigenvalue weighted by molar-refractivity contribution is 0.0536. The van der Waals surface area contributed by atoms with Crippen LogP contribution >= 0.6 is 11.6 Å². The molecule has 0 amide bonds. The molecule has 0 saturated carbocycles.